The molecule has 2 aromatic rings. The van der Waals surface area contributed by atoms with Gasteiger partial charge in [-0.1, -0.05) is 48.5 Å². The number of anilines is 1. The Morgan fingerprint density at radius 2 is 1.65 bits per heavy atom. The van der Waals surface area contributed by atoms with Crippen molar-refractivity contribution in [1.29, 1.82) is 0 Å². The second-order valence-corrected chi connectivity index (χ2v) is 5.17. The Morgan fingerprint density at radius 1 is 1.00 bits per heavy atom. The van der Waals surface area contributed by atoms with Crippen molar-refractivity contribution in [2.24, 2.45) is 5.73 Å². The van der Waals surface area contributed by atoms with E-state index >= 15 is 0 Å². The molecule has 0 amide bonds. The van der Waals surface area contributed by atoms with Crippen molar-refractivity contribution in [3.63, 3.8) is 0 Å². The third-order valence-corrected chi connectivity index (χ3v) is 3.83. The highest BCUT2D eigenvalue weighted by molar-refractivity contribution is 5.53. The van der Waals surface area contributed by atoms with Crippen LogP contribution in [-0.4, -0.2) is 19.6 Å². The van der Waals surface area contributed by atoms with Crippen molar-refractivity contribution in [3.8, 4) is 0 Å². The lowest BCUT2D eigenvalue weighted by atomic mass is 9.98. The van der Waals surface area contributed by atoms with E-state index in [1.165, 1.54) is 16.8 Å². The van der Waals surface area contributed by atoms with Gasteiger partial charge in [-0.2, -0.15) is 0 Å². The number of hydrogen-bond donors (Lipinski definition) is 1. The van der Waals surface area contributed by atoms with Crippen LogP contribution in [0.5, 0.6) is 0 Å². The molecule has 1 atom stereocenters. The van der Waals surface area contributed by atoms with E-state index in [0.29, 0.717) is 12.5 Å². The molecule has 2 N–H and O–H groups in total. The van der Waals surface area contributed by atoms with Gasteiger partial charge >= 0.3 is 0 Å². The van der Waals surface area contributed by atoms with Gasteiger partial charge in [-0.25, -0.2) is 0 Å². The lowest BCUT2D eigenvalue weighted by Gasteiger charge is -2.29. The highest BCUT2D eigenvalue weighted by Crippen LogP contribution is 2.23. The molecule has 20 heavy (non-hydrogen) atoms. The standard InChI is InChI=1S/C18H24N2/c1-3-20(18-12-8-7-9-15(18)2)14-17(13-19)16-10-5-4-6-11-16/h4-12,17H,3,13-14,19H2,1-2H3. The minimum Gasteiger partial charge on any atom is -0.371 e. The van der Waals surface area contributed by atoms with E-state index in [1.54, 1.807) is 0 Å². The smallest absolute Gasteiger partial charge is 0.0396 e. The molecule has 0 aliphatic heterocycles. The maximum Gasteiger partial charge on any atom is 0.0396 e. The van der Waals surface area contributed by atoms with Gasteiger partial charge in [0.05, 0.1) is 0 Å². The fourth-order valence-electron chi connectivity index (χ4n) is 2.62. The Balaban J connectivity index is 2.19. The number of rotatable bonds is 6. The van der Waals surface area contributed by atoms with Crippen LogP contribution >= 0.6 is 0 Å². The molecule has 0 bridgehead atoms. The molecule has 106 valence electrons. The normalized spacial score (nSPS) is 12.2. The summed E-state index contributed by atoms with van der Waals surface area (Å²) in [6.45, 7) is 6.99. The number of nitrogens with two attached hydrogens (primary N) is 1. The molecule has 0 spiro atoms. The van der Waals surface area contributed by atoms with Crippen LogP contribution in [0.3, 0.4) is 0 Å². The minimum absolute atomic E-state index is 0.371. The first-order valence-electron chi connectivity index (χ1n) is 7.31. The Kier molecular flexibility index (Phi) is 5.19. The Labute approximate surface area is 122 Å². The Hall–Kier alpha value is -1.80. The molecule has 2 heteroatoms. The summed E-state index contributed by atoms with van der Waals surface area (Å²) in [5, 5.41) is 0. The molecule has 0 heterocycles. The SMILES string of the molecule is CCN(CC(CN)c1ccccc1)c1ccccc1C. The van der Waals surface area contributed by atoms with Gasteiger partial charge in [-0.05, 0) is 31.0 Å². The van der Waals surface area contributed by atoms with Gasteiger partial charge in [0, 0.05) is 31.2 Å². The average Bonchev–Trinajstić information content (AvgIpc) is 2.50. The summed E-state index contributed by atoms with van der Waals surface area (Å²) in [6, 6.07) is 19.1. The van der Waals surface area contributed by atoms with Gasteiger partial charge < -0.3 is 10.6 Å². The van der Waals surface area contributed by atoms with Crippen molar-refractivity contribution in [1.82, 2.24) is 0 Å². The molecule has 0 saturated heterocycles. The minimum atomic E-state index is 0.371. The molecule has 2 aromatic carbocycles. The van der Waals surface area contributed by atoms with Gasteiger partial charge in [0.2, 0.25) is 0 Å². The average molecular weight is 268 g/mol. The fourth-order valence-corrected chi connectivity index (χ4v) is 2.62. The third kappa shape index (κ3) is 3.40. The van der Waals surface area contributed by atoms with Gasteiger partial charge in [-0.3, -0.25) is 0 Å². The molecule has 0 fully saturated rings. The van der Waals surface area contributed by atoms with Gasteiger partial charge in [0.1, 0.15) is 0 Å². The van der Waals surface area contributed by atoms with Crippen LogP contribution in [0.25, 0.3) is 0 Å². The van der Waals surface area contributed by atoms with Crippen molar-refractivity contribution in [2.45, 2.75) is 19.8 Å². The summed E-state index contributed by atoms with van der Waals surface area (Å²) >= 11 is 0. The predicted octanol–water partition coefficient (Wildman–Crippen LogP) is 3.56. The molecular weight excluding hydrogens is 244 g/mol. The van der Waals surface area contributed by atoms with E-state index in [1.807, 2.05) is 0 Å². The zero-order chi connectivity index (χ0) is 14.4. The summed E-state index contributed by atoms with van der Waals surface area (Å²) in [5.41, 5.74) is 9.95. The van der Waals surface area contributed by atoms with Crippen LogP contribution in [0.2, 0.25) is 0 Å². The second-order valence-electron chi connectivity index (χ2n) is 5.17. The number of hydrogen-bond acceptors (Lipinski definition) is 2. The van der Waals surface area contributed by atoms with Gasteiger partial charge in [-0.15, -0.1) is 0 Å². The predicted molar refractivity (Wildman–Crippen MR) is 87.3 cm³/mol. The molecule has 0 aliphatic rings. The maximum atomic E-state index is 6.00. The summed E-state index contributed by atoms with van der Waals surface area (Å²) in [5.74, 6) is 0.371. The van der Waals surface area contributed by atoms with Gasteiger partial charge in [0.25, 0.3) is 0 Å². The van der Waals surface area contributed by atoms with Crippen LogP contribution in [-0.2, 0) is 0 Å². The highest BCUT2D eigenvalue weighted by atomic mass is 15.1. The first-order chi connectivity index (χ1) is 9.76. The lowest BCUT2D eigenvalue weighted by Crippen LogP contribution is -2.32. The number of benzene rings is 2. The number of aryl methyl sites for hydroxylation is 1. The van der Waals surface area contributed by atoms with Crippen LogP contribution in [0, 0.1) is 6.92 Å². The van der Waals surface area contributed by atoms with Crippen molar-refractivity contribution in [3.05, 3.63) is 65.7 Å². The van der Waals surface area contributed by atoms with E-state index in [2.05, 4.69) is 73.3 Å². The first kappa shape index (κ1) is 14.6. The molecule has 2 rings (SSSR count). The Bertz CT molecular complexity index is 522. The van der Waals surface area contributed by atoms with Crippen molar-refractivity contribution < 1.29 is 0 Å². The number of likely N-dealkylation sites (N-methyl/N-ethyl adjacent to an activating group) is 1. The lowest BCUT2D eigenvalue weighted by molar-refractivity contribution is 0.658. The Morgan fingerprint density at radius 3 is 2.25 bits per heavy atom. The zero-order valence-electron chi connectivity index (χ0n) is 12.4. The quantitative estimate of drug-likeness (QED) is 0.868. The topological polar surface area (TPSA) is 29.3 Å². The molecule has 0 saturated carbocycles. The summed E-state index contributed by atoms with van der Waals surface area (Å²) in [7, 11) is 0. The van der Waals surface area contributed by atoms with Crippen molar-refractivity contribution in [2.75, 3.05) is 24.5 Å². The van der Waals surface area contributed by atoms with Crippen molar-refractivity contribution >= 4 is 5.69 Å². The monoisotopic (exact) mass is 268 g/mol. The molecule has 1 unspecified atom stereocenters. The van der Waals surface area contributed by atoms with E-state index in [-0.39, 0.29) is 0 Å². The molecular formula is C18H24N2. The molecule has 2 nitrogen and oxygen atoms in total. The third-order valence-electron chi connectivity index (χ3n) is 3.83. The summed E-state index contributed by atoms with van der Waals surface area (Å²) in [6.07, 6.45) is 0. The van der Waals surface area contributed by atoms with E-state index in [9.17, 15) is 0 Å². The number of para-hydroxylation sites is 1. The maximum absolute atomic E-state index is 6.00. The van der Waals surface area contributed by atoms with Gasteiger partial charge in [0.15, 0.2) is 0 Å². The van der Waals surface area contributed by atoms with E-state index < -0.39 is 0 Å². The fraction of sp³-hybridized carbons (Fsp3) is 0.333. The zero-order valence-corrected chi connectivity index (χ0v) is 12.4. The van der Waals surface area contributed by atoms with E-state index in [4.69, 9.17) is 5.73 Å². The van der Waals surface area contributed by atoms with Crippen LogP contribution in [0.15, 0.2) is 54.6 Å². The largest absolute Gasteiger partial charge is 0.371 e. The summed E-state index contributed by atoms with van der Waals surface area (Å²) in [4.78, 5) is 2.42. The first-order valence-corrected chi connectivity index (χ1v) is 7.31. The molecule has 0 aliphatic carbocycles. The second kappa shape index (κ2) is 7.11. The molecule has 0 aromatic heterocycles. The van der Waals surface area contributed by atoms with Crippen LogP contribution in [0.1, 0.15) is 24.0 Å². The summed E-state index contributed by atoms with van der Waals surface area (Å²) < 4.78 is 0. The molecule has 0 radical (unpaired) electrons. The highest BCUT2D eigenvalue weighted by Gasteiger charge is 2.15. The van der Waals surface area contributed by atoms with Crippen LogP contribution < -0.4 is 10.6 Å². The number of nitrogens with zero attached hydrogens (tertiary/aromatic N) is 1. The van der Waals surface area contributed by atoms with E-state index in [0.717, 1.165) is 13.1 Å². The van der Waals surface area contributed by atoms with Crippen LogP contribution in [0.4, 0.5) is 5.69 Å².